The van der Waals surface area contributed by atoms with Gasteiger partial charge in [0.05, 0.1) is 23.3 Å². The van der Waals surface area contributed by atoms with Crippen molar-refractivity contribution in [3.8, 4) is 0 Å². The van der Waals surface area contributed by atoms with Crippen LogP contribution in [0.3, 0.4) is 0 Å². The van der Waals surface area contributed by atoms with E-state index in [0.717, 1.165) is 10.7 Å². The SMILES string of the molecule is C[C@]1(O)[C@@H](OC(=O)c2ccc(Br)cc2Br)[C@H]2OC(=O)C3=COC(O)[C@H]1[C@@H]32. The third-order valence-electron chi connectivity index (χ3n) is 5.15. The highest BCUT2D eigenvalue weighted by Gasteiger charge is 2.69. The molecule has 0 amide bonds. The molecule has 9 heteroatoms. The lowest BCUT2D eigenvalue weighted by Gasteiger charge is -2.36. The summed E-state index contributed by atoms with van der Waals surface area (Å²) in [5.74, 6) is -2.74. The first-order chi connectivity index (χ1) is 12.2. The minimum Gasteiger partial charge on any atom is -0.472 e. The molecule has 0 radical (unpaired) electrons. The van der Waals surface area contributed by atoms with Gasteiger partial charge in [-0.2, -0.15) is 0 Å². The average Bonchev–Trinajstić information content (AvgIpc) is 2.98. The molecule has 1 aromatic rings. The first kappa shape index (κ1) is 18.0. The van der Waals surface area contributed by atoms with E-state index in [-0.39, 0.29) is 11.1 Å². The average molecular weight is 490 g/mol. The molecule has 26 heavy (non-hydrogen) atoms. The second-order valence-electron chi connectivity index (χ2n) is 6.70. The monoisotopic (exact) mass is 488 g/mol. The van der Waals surface area contributed by atoms with Crippen molar-refractivity contribution in [2.45, 2.75) is 31.0 Å². The summed E-state index contributed by atoms with van der Waals surface area (Å²) in [5.41, 5.74) is -1.16. The molecule has 138 valence electrons. The van der Waals surface area contributed by atoms with Gasteiger partial charge >= 0.3 is 11.9 Å². The quantitative estimate of drug-likeness (QED) is 0.611. The summed E-state index contributed by atoms with van der Waals surface area (Å²) >= 11 is 6.60. The van der Waals surface area contributed by atoms with E-state index in [9.17, 15) is 19.8 Å². The van der Waals surface area contributed by atoms with Crippen LogP contribution in [0.25, 0.3) is 0 Å². The van der Waals surface area contributed by atoms with Crippen LogP contribution in [0.5, 0.6) is 0 Å². The third-order valence-corrected chi connectivity index (χ3v) is 6.30. The van der Waals surface area contributed by atoms with Crippen molar-refractivity contribution >= 4 is 43.8 Å². The summed E-state index contributed by atoms with van der Waals surface area (Å²) in [6.45, 7) is 1.44. The molecule has 0 aromatic heterocycles. The smallest absolute Gasteiger partial charge is 0.339 e. The van der Waals surface area contributed by atoms with Crippen molar-refractivity contribution in [3.63, 3.8) is 0 Å². The first-order valence-corrected chi connectivity index (χ1v) is 9.43. The molecule has 1 saturated heterocycles. The van der Waals surface area contributed by atoms with E-state index < -0.39 is 47.9 Å². The zero-order valence-corrected chi connectivity index (χ0v) is 16.6. The zero-order valence-electron chi connectivity index (χ0n) is 13.4. The molecule has 1 unspecified atom stereocenters. The van der Waals surface area contributed by atoms with Crippen molar-refractivity contribution in [1.82, 2.24) is 0 Å². The summed E-state index contributed by atoms with van der Waals surface area (Å²) in [6, 6.07) is 4.94. The lowest BCUT2D eigenvalue weighted by Crippen LogP contribution is -2.50. The molecule has 2 heterocycles. The highest BCUT2D eigenvalue weighted by atomic mass is 79.9. The Bertz CT molecular complexity index is 834. The molecule has 4 rings (SSSR count). The molecular formula is C17H14Br2O7. The Hall–Kier alpha value is -1.42. The molecule has 0 spiro atoms. The predicted molar refractivity (Wildman–Crippen MR) is 93.7 cm³/mol. The van der Waals surface area contributed by atoms with Gasteiger partial charge in [-0.25, -0.2) is 9.59 Å². The van der Waals surface area contributed by atoms with Crippen LogP contribution in [-0.4, -0.2) is 46.3 Å². The van der Waals surface area contributed by atoms with Gasteiger partial charge in [0.1, 0.15) is 11.7 Å². The van der Waals surface area contributed by atoms with Crippen LogP contribution in [0.1, 0.15) is 17.3 Å². The largest absolute Gasteiger partial charge is 0.472 e. The van der Waals surface area contributed by atoms with Gasteiger partial charge in [0.2, 0.25) is 6.29 Å². The second-order valence-corrected chi connectivity index (χ2v) is 8.47. The van der Waals surface area contributed by atoms with E-state index in [1.165, 1.54) is 6.92 Å². The molecule has 1 aromatic carbocycles. The zero-order chi connectivity index (χ0) is 18.8. The normalized spacial score (nSPS) is 37.5. The van der Waals surface area contributed by atoms with Gasteiger partial charge in [0.25, 0.3) is 0 Å². The first-order valence-electron chi connectivity index (χ1n) is 7.85. The number of halogens is 2. The van der Waals surface area contributed by atoms with E-state index in [2.05, 4.69) is 31.9 Å². The van der Waals surface area contributed by atoms with Crippen molar-refractivity contribution in [2.24, 2.45) is 11.8 Å². The third kappa shape index (κ3) is 2.52. The number of benzene rings is 1. The van der Waals surface area contributed by atoms with Crippen molar-refractivity contribution in [2.75, 3.05) is 0 Å². The van der Waals surface area contributed by atoms with Gasteiger partial charge in [-0.15, -0.1) is 0 Å². The highest BCUT2D eigenvalue weighted by molar-refractivity contribution is 9.11. The summed E-state index contributed by atoms with van der Waals surface area (Å²) in [6.07, 6.45) is -2.21. The second kappa shape index (κ2) is 6.05. The summed E-state index contributed by atoms with van der Waals surface area (Å²) in [5, 5.41) is 21.1. The maximum absolute atomic E-state index is 12.6. The fourth-order valence-electron chi connectivity index (χ4n) is 3.95. The van der Waals surface area contributed by atoms with Gasteiger partial charge in [-0.05, 0) is 41.1 Å². The molecule has 2 N–H and O–H groups in total. The topological polar surface area (TPSA) is 102 Å². The van der Waals surface area contributed by atoms with Crippen LogP contribution in [0.2, 0.25) is 0 Å². The number of rotatable bonds is 2. The van der Waals surface area contributed by atoms with E-state index in [4.69, 9.17) is 14.2 Å². The summed E-state index contributed by atoms with van der Waals surface area (Å²) in [7, 11) is 0. The van der Waals surface area contributed by atoms with Crippen LogP contribution >= 0.6 is 31.9 Å². The standard InChI is InChI=1S/C17H14Br2O7/c1-17(23)11-10-8(5-24-16(11)22)15(21)25-12(10)13(17)26-14(20)7-3-2-6(18)4-9(7)19/h2-5,10-13,16,22-23H,1H3/t10-,11-,12+,13+,16?,17-/m1/s1. The molecule has 1 aliphatic carbocycles. The number of hydrogen-bond donors (Lipinski definition) is 2. The molecule has 2 aliphatic heterocycles. The number of carbonyl (C=O) groups is 2. The van der Waals surface area contributed by atoms with Gasteiger partial charge in [-0.1, -0.05) is 15.9 Å². The van der Waals surface area contributed by atoms with E-state index in [1.54, 1.807) is 18.2 Å². The van der Waals surface area contributed by atoms with Gasteiger partial charge in [0.15, 0.2) is 6.10 Å². The Morgan fingerprint density at radius 2 is 2.08 bits per heavy atom. The molecule has 7 nitrogen and oxygen atoms in total. The molecular weight excluding hydrogens is 476 g/mol. The molecule has 1 saturated carbocycles. The molecule has 6 atom stereocenters. The summed E-state index contributed by atoms with van der Waals surface area (Å²) < 4.78 is 17.2. The molecule has 3 aliphatic rings. The Balaban J connectivity index is 1.67. The van der Waals surface area contributed by atoms with Gasteiger partial charge in [-0.3, -0.25) is 0 Å². The number of aliphatic hydroxyl groups is 2. The Labute approximate surface area is 165 Å². The van der Waals surface area contributed by atoms with Gasteiger partial charge in [0, 0.05) is 14.9 Å². The number of hydrogen-bond acceptors (Lipinski definition) is 7. The Morgan fingerprint density at radius 1 is 1.35 bits per heavy atom. The van der Waals surface area contributed by atoms with Crippen molar-refractivity contribution in [3.05, 3.63) is 44.5 Å². The Kier molecular flexibility index (Phi) is 4.18. The highest BCUT2D eigenvalue weighted by Crippen LogP contribution is 2.54. The van der Waals surface area contributed by atoms with Crippen LogP contribution in [-0.2, 0) is 19.0 Å². The number of esters is 2. The van der Waals surface area contributed by atoms with Crippen LogP contribution in [0.4, 0.5) is 0 Å². The number of ether oxygens (including phenoxy) is 3. The maximum Gasteiger partial charge on any atom is 0.339 e. The lowest BCUT2D eigenvalue weighted by molar-refractivity contribution is -0.182. The molecule has 2 fully saturated rings. The lowest BCUT2D eigenvalue weighted by atomic mass is 9.81. The van der Waals surface area contributed by atoms with Crippen LogP contribution in [0.15, 0.2) is 39.0 Å². The Morgan fingerprint density at radius 3 is 2.77 bits per heavy atom. The molecule has 0 bridgehead atoms. The van der Waals surface area contributed by atoms with Crippen LogP contribution < -0.4 is 0 Å². The fourth-order valence-corrected chi connectivity index (χ4v) is 5.16. The maximum atomic E-state index is 12.6. The van der Waals surface area contributed by atoms with Crippen LogP contribution in [0, 0.1) is 11.8 Å². The van der Waals surface area contributed by atoms with E-state index >= 15 is 0 Å². The number of carbonyl (C=O) groups excluding carboxylic acids is 2. The van der Waals surface area contributed by atoms with Crippen molar-refractivity contribution < 1.29 is 34.0 Å². The predicted octanol–water partition coefficient (Wildman–Crippen LogP) is 1.89. The summed E-state index contributed by atoms with van der Waals surface area (Å²) in [4.78, 5) is 24.7. The van der Waals surface area contributed by atoms with Crippen molar-refractivity contribution in [1.29, 1.82) is 0 Å². The minimum absolute atomic E-state index is 0.231. The van der Waals surface area contributed by atoms with Gasteiger partial charge < -0.3 is 24.4 Å². The van der Waals surface area contributed by atoms with E-state index in [0.29, 0.717) is 4.47 Å². The minimum atomic E-state index is -1.65. The van der Waals surface area contributed by atoms with E-state index in [1.807, 2.05) is 0 Å². The fraction of sp³-hybridized carbons (Fsp3) is 0.412. The number of aliphatic hydroxyl groups excluding tert-OH is 1.